The summed E-state index contributed by atoms with van der Waals surface area (Å²) in [5.74, 6) is 0.783. The van der Waals surface area contributed by atoms with Gasteiger partial charge in [0.05, 0.1) is 0 Å². The van der Waals surface area contributed by atoms with Crippen molar-refractivity contribution in [2.45, 2.75) is 19.3 Å². The molecule has 1 amide bonds. The Morgan fingerprint density at radius 3 is 2.37 bits per heavy atom. The number of likely N-dealkylation sites (tertiary alicyclic amines) is 1. The number of hydrogen-bond donors (Lipinski definition) is 1. The summed E-state index contributed by atoms with van der Waals surface area (Å²) in [4.78, 5) is 23.3. The van der Waals surface area contributed by atoms with Crippen LogP contribution in [0.2, 0.25) is 0 Å². The van der Waals surface area contributed by atoms with Crippen LogP contribution in [-0.4, -0.2) is 52.2 Å². The van der Waals surface area contributed by atoms with E-state index in [-0.39, 0.29) is 5.41 Å². The molecule has 0 unspecified atom stereocenters. The third-order valence-electron chi connectivity index (χ3n) is 4.37. The van der Waals surface area contributed by atoms with Crippen molar-refractivity contribution < 1.29 is 9.90 Å². The number of piperidine rings is 1. The van der Waals surface area contributed by atoms with E-state index in [1.807, 2.05) is 6.07 Å². The highest BCUT2D eigenvalue weighted by molar-refractivity contribution is 5.65. The minimum Gasteiger partial charge on any atom is -0.465 e. The molecular weight excluding hydrogens is 244 g/mol. The molecule has 0 aromatic carbocycles. The molecule has 1 aromatic heterocycles. The molecule has 2 saturated heterocycles. The fourth-order valence-corrected chi connectivity index (χ4v) is 3.14. The molecule has 1 spiro atoms. The van der Waals surface area contributed by atoms with E-state index in [4.69, 9.17) is 5.11 Å². The molecule has 2 fully saturated rings. The van der Waals surface area contributed by atoms with Gasteiger partial charge in [-0.2, -0.15) is 0 Å². The minimum atomic E-state index is -0.786. The molecule has 3 rings (SSSR count). The molecule has 102 valence electrons. The summed E-state index contributed by atoms with van der Waals surface area (Å²) >= 11 is 0. The Bertz CT molecular complexity index is 457. The fourth-order valence-electron chi connectivity index (χ4n) is 3.14. The molecule has 1 aromatic rings. The van der Waals surface area contributed by atoms with Crippen molar-refractivity contribution in [3.63, 3.8) is 0 Å². The van der Waals surface area contributed by atoms with Crippen molar-refractivity contribution in [2.24, 2.45) is 5.41 Å². The maximum Gasteiger partial charge on any atom is 0.407 e. The largest absolute Gasteiger partial charge is 0.465 e. The number of carbonyl (C=O) groups is 1. The summed E-state index contributed by atoms with van der Waals surface area (Å²) in [5, 5.41) is 9.05. The van der Waals surface area contributed by atoms with Gasteiger partial charge in [-0.1, -0.05) is 0 Å². The molecule has 6 heteroatoms. The summed E-state index contributed by atoms with van der Waals surface area (Å²) in [5.41, 5.74) is 0.184. The Morgan fingerprint density at radius 2 is 1.79 bits per heavy atom. The lowest BCUT2D eigenvalue weighted by molar-refractivity contribution is 0.144. The molecule has 0 radical (unpaired) electrons. The summed E-state index contributed by atoms with van der Waals surface area (Å²) in [7, 11) is 0. The topological polar surface area (TPSA) is 69.6 Å². The van der Waals surface area contributed by atoms with Crippen molar-refractivity contribution in [1.29, 1.82) is 0 Å². The highest BCUT2D eigenvalue weighted by atomic mass is 16.4. The van der Waals surface area contributed by atoms with Crippen LogP contribution in [0, 0.1) is 5.41 Å². The van der Waals surface area contributed by atoms with Gasteiger partial charge in [0.25, 0.3) is 0 Å². The Morgan fingerprint density at radius 1 is 1.16 bits per heavy atom. The maximum absolute atomic E-state index is 11.0. The van der Waals surface area contributed by atoms with Crippen LogP contribution in [0.4, 0.5) is 10.7 Å². The average Bonchev–Trinajstić information content (AvgIpc) is 2.85. The SMILES string of the molecule is O=C(O)N1CCC2(CCN(c3ncccn3)CC2)C1. The maximum atomic E-state index is 11.0. The summed E-state index contributed by atoms with van der Waals surface area (Å²) < 4.78 is 0. The highest BCUT2D eigenvalue weighted by Gasteiger charge is 2.42. The van der Waals surface area contributed by atoms with Gasteiger partial charge in [-0.05, 0) is 30.7 Å². The van der Waals surface area contributed by atoms with E-state index >= 15 is 0 Å². The molecule has 6 nitrogen and oxygen atoms in total. The molecule has 0 atom stereocenters. The Balaban J connectivity index is 1.63. The predicted molar refractivity (Wildman–Crippen MR) is 70.1 cm³/mol. The monoisotopic (exact) mass is 262 g/mol. The van der Waals surface area contributed by atoms with E-state index in [1.165, 1.54) is 0 Å². The van der Waals surface area contributed by atoms with Gasteiger partial charge in [0.2, 0.25) is 5.95 Å². The van der Waals surface area contributed by atoms with Gasteiger partial charge in [-0.15, -0.1) is 0 Å². The van der Waals surface area contributed by atoms with Crippen LogP contribution >= 0.6 is 0 Å². The Kier molecular flexibility index (Phi) is 3.00. The fraction of sp³-hybridized carbons (Fsp3) is 0.615. The summed E-state index contributed by atoms with van der Waals surface area (Å²) in [6.45, 7) is 3.19. The minimum absolute atomic E-state index is 0.184. The van der Waals surface area contributed by atoms with E-state index in [2.05, 4.69) is 14.9 Å². The molecule has 3 heterocycles. The normalized spacial score (nSPS) is 21.9. The third kappa shape index (κ3) is 2.34. The van der Waals surface area contributed by atoms with Crippen molar-refractivity contribution in [1.82, 2.24) is 14.9 Å². The zero-order valence-electron chi connectivity index (χ0n) is 10.8. The summed E-state index contributed by atoms with van der Waals surface area (Å²) in [6.07, 6.45) is 5.76. The second-order valence-electron chi connectivity index (χ2n) is 5.49. The van der Waals surface area contributed by atoms with Crippen LogP contribution in [-0.2, 0) is 0 Å². The molecule has 19 heavy (non-hydrogen) atoms. The van der Waals surface area contributed by atoms with Gasteiger partial charge in [0.1, 0.15) is 0 Å². The van der Waals surface area contributed by atoms with Crippen LogP contribution in [0.25, 0.3) is 0 Å². The van der Waals surface area contributed by atoms with Gasteiger partial charge < -0.3 is 14.9 Å². The molecule has 2 aliphatic heterocycles. The second-order valence-corrected chi connectivity index (χ2v) is 5.49. The second kappa shape index (κ2) is 4.68. The van der Waals surface area contributed by atoms with Crippen LogP contribution in [0.15, 0.2) is 18.5 Å². The molecule has 1 N–H and O–H groups in total. The number of hydrogen-bond acceptors (Lipinski definition) is 4. The first-order chi connectivity index (χ1) is 9.19. The van der Waals surface area contributed by atoms with E-state index in [0.717, 1.165) is 38.3 Å². The Hall–Kier alpha value is -1.85. The van der Waals surface area contributed by atoms with Crippen LogP contribution < -0.4 is 4.90 Å². The van der Waals surface area contributed by atoms with Crippen LogP contribution in [0.1, 0.15) is 19.3 Å². The van der Waals surface area contributed by atoms with Crippen LogP contribution in [0.3, 0.4) is 0 Å². The van der Waals surface area contributed by atoms with E-state index in [0.29, 0.717) is 13.1 Å². The quantitative estimate of drug-likeness (QED) is 0.829. The first-order valence-corrected chi connectivity index (χ1v) is 6.68. The van der Waals surface area contributed by atoms with Gasteiger partial charge in [-0.25, -0.2) is 14.8 Å². The van der Waals surface area contributed by atoms with Gasteiger partial charge in [-0.3, -0.25) is 0 Å². The lowest BCUT2D eigenvalue weighted by atomic mass is 9.78. The molecule has 2 aliphatic rings. The lowest BCUT2D eigenvalue weighted by Gasteiger charge is -2.39. The Labute approximate surface area is 112 Å². The van der Waals surface area contributed by atoms with E-state index < -0.39 is 6.09 Å². The van der Waals surface area contributed by atoms with Crippen LogP contribution in [0.5, 0.6) is 0 Å². The number of nitrogens with zero attached hydrogens (tertiary/aromatic N) is 4. The molecule has 0 aliphatic carbocycles. The molecule has 0 bridgehead atoms. The van der Waals surface area contributed by atoms with Crippen molar-refractivity contribution in [3.8, 4) is 0 Å². The third-order valence-corrected chi connectivity index (χ3v) is 4.37. The zero-order chi connectivity index (χ0) is 13.3. The summed E-state index contributed by atoms with van der Waals surface area (Å²) in [6, 6.07) is 1.82. The number of rotatable bonds is 1. The van der Waals surface area contributed by atoms with Crippen molar-refractivity contribution in [2.75, 3.05) is 31.1 Å². The standard InChI is InChI=1S/C13H18N4O2/c18-12(19)17-9-4-13(10-17)2-7-16(8-3-13)11-14-5-1-6-15-11/h1,5-6H,2-4,7-10H2,(H,18,19). The van der Waals surface area contributed by atoms with Gasteiger partial charge >= 0.3 is 6.09 Å². The number of amides is 1. The predicted octanol–water partition coefficient (Wildman–Crippen LogP) is 1.45. The first-order valence-electron chi connectivity index (χ1n) is 6.68. The smallest absolute Gasteiger partial charge is 0.407 e. The average molecular weight is 262 g/mol. The number of carboxylic acid groups (broad SMARTS) is 1. The first kappa shape index (κ1) is 12.2. The highest BCUT2D eigenvalue weighted by Crippen LogP contribution is 2.40. The van der Waals surface area contributed by atoms with E-state index in [9.17, 15) is 4.79 Å². The lowest BCUT2D eigenvalue weighted by Crippen LogP contribution is -2.42. The van der Waals surface area contributed by atoms with Crippen molar-refractivity contribution in [3.05, 3.63) is 18.5 Å². The molecular formula is C13H18N4O2. The van der Waals surface area contributed by atoms with E-state index in [1.54, 1.807) is 17.3 Å². The van der Waals surface area contributed by atoms with Gasteiger partial charge in [0.15, 0.2) is 0 Å². The number of anilines is 1. The number of aromatic nitrogens is 2. The van der Waals surface area contributed by atoms with Crippen molar-refractivity contribution >= 4 is 12.0 Å². The molecule has 0 saturated carbocycles. The van der Waals surface area contributed by atoms with Gasteiger partial charge in [0, 0.05) is 38.6 Å². The zero-order valence-corrected chi connectivity index (χ0v) is 10.8.